The topological polar surface area (TPSA) is 122 Å². The molecule has 2 atom stereocenters. The molecule has 1 fully saturated rings. The van der Waals surface area contributed by atoms with E-state index < -0.39 is 23.3 Å². The van der Waals surface area contributed by atoms with Crippen molar-refractivity contribution in [3.05, 3.63) is 53.4 Å². The average molecular weight is 432 g/mol. The van der Waals surface area contributed by atoms with Crippen LogP contribution in [0.15, 0.2) is 47.8 Å². The van der Waals surface area contributed by atoms with Gasteiger partial charge in [0.1, 0.15) is 29.9 Å². The number of aliphatic carboxylic acids is 1. The SMILES string of the molecule is O=C(Cc1ccccc1)NC1C(=O)N2C(C(=O)O)=C(COc3cnsn3)CS[C@@H]12. The third-order valence-corrected chi connectivity index (χ3v) is 6.31. The van der Waals surface area contributed by atoms with Gasteiger partial charge in [0, 0.05) is 11.3 Å². The number of nitrogens with zero attached hydrogens (tertiary/aromatic N) is 3. The maximum atomic E-state index is 12.6. The van der Waals surface area contributed by atoms with Crippen LogP contribution in [-0.4, -0.2) is 60.3 Å². The van der Waals surface area contributed by atoms with Gasteiger partial charge in [0.25, 0.3) is 5.91 Å². The summed E-state index contributed by atoms with van der Waals surface area (Å²) in [4.78, 5) is 37.9. The second-order valence-corrected chi connectivity index (χ2v) is 8.07. The van der Waals surface area contributed by atoms with Crippen molar-refractivity contribution in [1.29, 1.82) is 0 Å². The van der Waals surface area contributed by atoms with E-state index in [1.165, 1.54) is 22.9 Å². The van der Waals surface area contributed by atoms with Crippen LogP contribution >= 0.6 is 23.5 Å². The molecule has 1 unspecified atom stereocenters. The van der Waals surface area contributed by atoms with Gasteiger partial charge >= 0.3 is 5.97 Å². The summed E-state index contributed by atoms with van der Waals surface area (Å²) in [5.74, 6) is -1.23. The molecule has 0 bridgehead atoms. The zero-order valence-electron chi connectivity index (χ0n) is 15.0. The van der Waals surface area contributed by atoms with E-state index in [-0.39, 0.29) is 24.6 Å². The van der Waals surface area contributed by atoms with Crippen molar-refractivity contribution < 1.29 is 24.2 Å². The second-order valence-electron chi connectivity index (χ2n) is 6.41. The van der Waals surface area contributed by atoms with Gasteiger partial charge in [-0.15, -0.1) is 16.1 Å². The Hall–Kier alpha value is -2.92. The fourth-order valence-corrected chi connectivity index (χ4v) is 4.87. The maximum Gasteiger partial charge on any atom is 0.352 e. The van der Waals surface area contributed by atoms with Crippen LogP contribution in [0, 0.1) is 0 Å². The van der Waals surface area contributed by atoms with Crippen molar-refractivity contribution >= 4 is 41.3 Å². The van der Waals surface area contributed by atoms with E-state index >= 15 is 0 Å². The fourth-order valence-electron chi connectivity index (χ4n) is 3.18. The van der Waals surface area contributed by atoms with Gasteiger partial charge in [-0.05, 0) is 5.56 Å². The average Bonchev–Trinajstić information content (AvgIpc) is 3.24. The monoisotopic (exact) mass is 432 g/mol. The first-order chi connectivity index (χ1) is 14.0. The number of ether oxygens (including phenoxy) is 1. The lowest BCUT2D eigenvalue weighted by Crippen LogP contribution is -2.70. The Labute approximate surface area is 174 Å². The molecule has 1 aromatic heterocycles. The Balaban J connectivity index is 1.43. The summed E-state index contributed by atoms with van der Waals surface area (Å²) in [6, 6.07) is 8.46. The predicted octanol–water partition coefficient (Wildman–Crippen LogP) is 0.898. The molecule has 2 aromatic rings. The zero-order valence-corrected chi connectivity index (χ0v) is 16.6. The van der Waals surface area contributed by atoms with Gasteiger partial charge in [-0.3, -0.25) is 14.5 Å². The van der Waals surface area contributed by atoms with Crippen molar-refractivity contribution in [2.24, 2.45) is 0 Å². The lowest BCUT2D eigenvalue weighted by molar-refractivity contribution is -0.150. The highest BCUT2D eigenvalue weighted by atomic mass is 32.2. The molecule has 9 nitrogen and oxygen atoms in total. The van der Waals surface area contributed by atoms with E-state index in [0.717, 1.165) is 17.3 Å². The number of amides is 2. The highest BCUT2D eigenvalue weighted by molar-refractivity contribution is 8.00. The molecule has 1 aromatic carbocycles. The van der Waals surface area contributed by atoms with Gasteiger partial charge in [0.05, 0.1) is 18.1 Å². The van der Waals surface area contributed by atoms with Crippen LogP contribution in [0.3, 0.4) is 0 Å². The molecule has 0 spiro atoms. The zero-order chi connectivity index (χ0) is 20.4. The molecule has 0 radical (unpaired) electrons. The number of benzene rings is 1. The number of aromatic nitrogens is 2. The van der Waals surface area contributed by atoms with E-state index in [4.69, 9.17) is 4.74 Å². The lowest BCUT2D eigenvalue weighted by Gasteiger charge is -2.49. The van der Waals surface area contributed by atoms with E-state index in [1.807, 2.05) is 30.3 Å². The summed E-state index contributed by atoms with van der Waals surface area (Å²) < 4.78 is 13.2. The second kappa shape index (κ2) is 8.21. The molecule has 0 aliphatic carbocycles. The van der Waals surface area contributed by atoms with Gasteiger partial charge in [0.15, 0.2) is 0 Å². The first kappa shape index (κ1) is 19.4. The number of carboxylic acids is 1. The number of carbonyl (C=O) groups excluding carboxylic acids is 2. The molecule has 1 saturated heterocycles. The number of hydrogen-bond acceptors (Lipinski definition) is 8. The number of carboxylic acid groups (broad SMARTS) is 1. The van der Waals surface area contributed by atoms with Gasteiger partial charge in [-0.1, -0.05) is 30.3 Å². The molecule has 29 heavy (non-hydrogen) atoms. The van der Waals surface area contributed by atoms with E-state index in [1.54, 1.807) is 0 Å². The van der Waals surface area contributed by atoms with Crippen molar-refractivity contribution in [2.75, 3.05) is 12.4 Å². The number of β-lactam (4-membered cyclic amide) rings is 1. The molecule has 3 heterocycles. The molecule has 4 rings (SSSR count). The molecular formula is C18H16N4O5S2. The number of hydrogen-bond donors (Lipinski definition) is 2. The highest BCUT2D eigenvalue weighted by Crippen LogP contribution is 2.40. The first-order valence-electron chi connectivity index (χ1n) is 8.68. The summed E-state index contributed by atoms with van der Waals surface area (Å²) in [6.07, 6.45) is 1.60. The maximum absolute atomic E-state index is 12.6. The van der Waals surface area contributed by atoms with Crippen molar-refractivity contribution in [3.8, 4) is 5.88 Å². The normalized spacial score (nSPS) is 20.7. The molecule has 2 N–H and O–H groups in total. The van der Waals surface area contributed by atoms with Gasteiger partial charge in [0.2, 0.25) is 11.8 Å². The van der Waals surface area contributed by atoms with Crippen LogP contribution in [-0.2, 0) is 20.8 Å². The predicted molar refractivity (Wildman–Crippen MR) is 105 cm³/mol. The van der Waals surface area contributed by atoms with Gasteiger partial charge in [-0.25, -0.2) is 4.79 Å². The Bertz CT molecular complexity index is 964. The summed E-state index contributed by atoms with van der Waals surface area (Å²) in [7, 11) is 0. The molecule has 11 heteroatoms. The quantitative estimate of drug-likeness (QED) is 0.619. The Morgan fingerprint density at radius 3 is 2.79 bits per heavy atom. The summed E-state index contributed by atoms with van der Waals surface area (Å²) in [5.41, 5.74) is 1.23. The van der Waals surface area contributed by atoms with Crippen LogP contribution < -0.4 is 10.1 Å². The van der Waals surface area contributed by atoms with Crippen LogP contribution in [0.2, 0.25) is 0 Å². The van der Waals surface area contributed by atoms with Crippen LogP contribution in [0.5, 0.6) is 5.88 Å². The summed E-state index contributed by atoms with van der Waals surface area (Å²) in [6.45, 7) is 0.00157. The minimum Gasteiger partial charge on any atom is -0.477 e. The van der Waals surface area contributed by atoms with E-state index in [0.29, 0.717) is 17.2 Å². The fraction of sp³-hybridized carbons (Fsp3) is 0.278. The third kappa shape index (κ3) is 3.96. The number of thioether (sulfide) groups is 1. The molecular weight excluding hydrogens is 416 g/mol. The molecule has 2 amide bonds. The number of rotatable bonds is 7. The van der Waals surface area contributed by atoms with Gasteiger partial charge in [-0.2, -0.15) is 4.37 Å². The number of fused-ring (bicyclic) bond motifs is 1. The number of nitrogens with one attached hydrogen (secondary N) is 1. The number of carbonyl (C=O) groups is 3. The Morgan fingerprint density at radius 1 is 1.31 bits per heavy atom. The standard InChI is InChI=1S/C18H16N4O5S2/c23-12(6-10-4-2-1-3-5-10)20-14-16(24)22-15(18(25)26)11(9-28-17(14)22)8-27-13-7-19-29-21-13/h1-5,7,14,17H,6,8-9H2,(H,20,23)(H,25,26)/t14?,17-/m0/s1. The van der Waals surface area contributed by atoms with Crippen molar-refractivity contribution in [1.82, 2.24) is 19.0 Å². The molecule has 150 valence electrons. The van der Waals surface area contributed by atoms with Crippen LogP contribution in [0.25, 0.3) is 0 Å². The smallest absolute Gasteiger partial charge is 0.352 e. The minimum absolute atomic E-state index is 0.00157. The molecule has 2 aliphatic heterocycles. The third-order valence-electron chi connectivity index (χ3n) is 4.51. The van der Waals surface area contributed by atoms with Crippen molar-refractivity contribution in [3.63, 3.8) is 0 Å². The molecule has 2 aliphatic rings. The highest BCUT2D eigenvalue weighted by Gasteiger charge is 2.54. The lowest BCUT2D eigenvalue weighted by atomic mass is 10.0. The summed E-state index contributed by atoms with van der Waals surface area (Å²) in [5, 5.41) is 11.9. The van der Waals surface area contributed by atoms with E-state index in [9.17, 15) is 19.5 Å². The Morgan fingerprint density at radius 2 is 2.10 bits per heavy atom. The first-order valence-corrected chi connectivity index (χ1v) is 10.5. The van der Waals surface area contributed by atoms with E-state index in [2.05, 4.69) is 14.1 Å². The summed E-state index contributed by atoms with van der Waals surface area (Å²) >= 11 is 2.38. The van der Waals surface area contributed by atoms with Crippen molar-refractivity contribution in [2.45, 2.75) is 17.8 Å². The molecule has 0 saturated carbocycles. The van der Waals surface area contributed by atoms with Gasteiger partial charge < -0.3 is 15.2 Å². The van der Waals surface area contributed by atoms with Crippen LogP contribution in [0.4, 0.5) is 0 Å². The largest absolute Gasteiger partial charge is 0.477 e. The minimum atomic E-state index is -1.20. The Kier molecular flexibility index (Phi) is 5.49. The van der Waals surface area contributed by atoms with Crippen LogP contribution in [0.1, 0.15) is 5.56 Å².